The third kappa shape index (κ3) is 4.57. The number of hydrogen-bond donors (Lipinski definition) is 1. The molecule has 0 saturated carbocycles. The van der Waals surface area contributed by atoms with Crippen LogP contribution in [-0.4, -0.2) is 4.57 Å². The van der Waals surface area contributed by atoms with Crippen LogP contribution >= 0.6 is 0 Å². The normalized spacial score (nSPS) is 11.9. The molecule has 2 nitrogen and oxygen atoms in total. The number of para-hydroxylation sites is 2. The summed E-state index contributed by atoms with van der Waals surface area (Å²) in [6, 6.07) is 45.8. The fourth-order valence-corrected chi connectivity index (χ4v) is 6.00. The zero-order chi connectivity index (χ0) is 28.5. The van der Waals surface area contributed by atoms with Crippen molar-refractivity contribution in [2.45, 2.75) is 13.8 Å². The molecule has 0 fully saturated rings. The van der Waals surface area contributed by atoms with Gasteiger partial charge in [0.05, 0.1) is 11.0 Å². The second-order valence-electron chi connectivity index (χ2n) is 10.8. The third-order valence-corrected chi connectivity index (χ3v) is 8.19. The molecular weight excluding hydrogens is 508 g/mol. The van der Waals surface area contributed by atoms with E-state index in [-0.39, 0.29) is 0 Å². The van der Waals surface area contributed by atoms with Crippen molar-refractivity contribution in [1.29, 1.82) is 0 Å². The van der Waals surface area contributed by atoms with Gasteiger partial charge in [-0.1, -0.05) is 97.1 Å². The predicted molar refractivity (Wildman–Crippen MR) is 181 cm³/mol. The number of fused-ring (bicyclic) bond motifs is 5. The molecule has 0 atom stereocenters. The number of aryl methyl sites for hydroxylation is 2. The molecule has 2 heteroatoms. The molecule has 0 saturated heterocycles. The van der Waals surface area contributed by atoms with Crippen LogP contribution in [0.5, 0.6) is 0 Å². The highest BCUT2D eigenvalue weighted by Gasteiger charge is 2.17. The molecule has 0 unspecified atom stereocenters. The van der Waals surface area contributed by atoms with E-state index in [1.165, 1.54) is 71.6 Å². The third-order valence-electron chi connectivity index (χ3n) is 8.19. The maximum atomic E-state index is 3.32. The van der Waals surface area contributed by atoms with E-state index in [2.05, 4.69) is 163 Å². The van der Waals surface area contributed by atoms with Crippen molar-refractivity contribution in [1.82, 2.24) is 9.88 Å². The van der Waals surface area contributed by atoms with Crippen LogP contribution in [0.1, 0.15) is 22.3 Å². The van der Waals surface area contributed by atoms with E-state index in [0.29, 0.717) is 0 Å². The van der Waals surface area contributed by atoms with Crippen molar-refractivity contribution >= 4 is 44.7 Å². The van der Waals surface area contributed by atoms with E-state index in [4.69, 9.17) is 0 Å². The highest BCUT2D eigenvalue weighted by atomic mass is 15.0. The average molecular weight is 541 g/mol. The molecule has 0 amide bonds. The topological polar surface area (TPSA) is 17.0 Å². The molecule has 1 heterocycles. The first kappa shape index (κ1) is 25.6. The van der Waals surface area contributed by atoms with Crippen molar-refractivity contribution in [3.63, 3.8) is 0 Å². The molecule has 0 aliphatic heterocycles. The van der Waals surface area contributed by atoms with E-state index in [1.807, 2.05) is 12.4 Å². The first-order valence-corrected chi connectivity index (χ1v) is 14.5. The van der Waals surface area contributed by atoms with Crippen LogP contribution in [0.3, 0.4) is 0 Å². The molecule has 0 aliphatic rings. The van der Waals surface area contributed by atoms with Crippen molar-refractivity contribution in [2.24, 2.45) is 0 Å². The quantitative estimate of drug-likeness (QED) is 0.222. The molecule has 1 N–H and O–H groups in total. The number of hydrogen-bond acceptors (Lipinski definition) is 1. The Labute approximate surface area is 246 Å². The predicted octanol–water partition coefficient (Wildman–Crippen LogP) is 10.5. The summed E-state index contributed by atoms with van der Waals surface area (Å²) >= 11 is 0. The Balaban J connectivity index is 1.34. The molecule has 0 bridgehead atoms. The fraction of sp³-hybridized carbons (Fsp3) is 0.0500. The van der Waals surface area contributed by atoms with E-state index < -0.39 is 0 Å². The summed E-state index contributed by atoms with van der Waals surface area (Å²) in [5, 5.41) is 8.36. The highest BCUT2D eigenvalue weighted by Crippen LogP contribution is 2.41. The van der Waals surface area contributed by atoms with Crippen molar-refractivity contribution in [3.05, 3.63) is 162 Å². The monoisotopic (exact) mass is 540 g/mol. The van der Waals surface area contributed by atoms with Gasteiger partial charge in [0.25, 0.3) is 0 Å². The van der Waals surface area contributed by atoms with Gasteiger partial charge in [0.2, 0.25) is 0 Å². The van der Waals surface area contributed by atoms with Crippen LogP contribution < -0.4 is 5.32 Å². The molecule has 1 aromatic heterocycles. The Morgan fingerprint density at radius 1 is 0.524 bits per heavy atom. The summed E-state index contributed by atoms with van der Waals surface area (Å²) < 4.78 is 2.41. The van der Waals surface area contributed by atoms with Gasteiger partial charge < -0.3 is 9.88 Å². The van der Waals surface area contributed by atoms with Gasteiger partial charge in [-0.3, -0.25) is 0 Å². The maximum absolute atomic E-state index is 3.32. The van der Waals surface area contributed by atoms with Gasteiger partial charge in [0.1, 0.15) is 0 Å². The first-order chi connectivity index (χ1) is 20.7. The molecule has 7 aromatic rings. The minimum Gasteiger partial charge on any atom is -0.368 e. The smallest absolute Gasteiger partial charge is 0.0619 e. The van der Waals surface area contributed by atoms with E-state index in [9.17, 15) is 0 Å². The molecule has 7 rings (SSSR count). The van der Waals surface area contributed by atoms with Crippen LogP contribution in [0.4, 0.5) is 0 Å². The summed E-state index contributed by atoms with van der Waals surface area (Å²) in [5.41, 5.74) is 11.0. The zero-order valence-corrected chi connectivity index (χ0v) is 23.9. The molecule has 0 spiro atoms. The van der Waals surface area contributed by atoms with E-state index in [0.717, 1.165) is 0 Å². The average Bonchev–Trinajstić information content (AvgIpc) is 3.37. The number of benzene rings is 6. The number of rotatable bonds is 6. The van der Waals surface area contributed by atoms with Gasteiger partial charge in [-0.15, -0.1) is 0 Å². The summed E-state index contributed by atoms with van der Waals surface area (Å²) in [5.74, 6) is 0. The van der Waals surface area contributed by atoms with Crippen LogP contribution in [0, 0.1) is 13.8 Å². The van der Waals surface area contributed by atoms with E-state index in [1.54, 1.807) is 0 Å². The standard InChI is InChI=1S/C40H32N2/c1-28-12-6-7-13-30(28)22-24-41-25-23-31-26-32(21-20-29(31)2)37-27-38-35-17-10-11-19-39(35)42(33-14-4-3-5-15-33)40(38)36-18-9-8-16-34(36)37/h3-27,41H,1-2H3/b24-22+,25-23-. The van der Waals surface area contributed by atoms with Gasteiger partial charge in [-0.25, -0.2) is 0 Å². The van der Waals surface area contributed by atoms with Crippen LogP contribution in [0.2, 0.25) is 0 Å². The SMILES string of the molecule is Cc1ccc(-c2cc3c4ccccc4n(-c4ccccc4)c3c3ccccc23)cc1/C=C\N/C=C/c1ccccc1C. The number of aromatic nitrogens is 1. The molecule has 0 radical (unpaired) electrons. The summed E-state index contributed by atoms with van der Waals surface area (Å²) in [6.07, 6.45) is 8.26. The largest absolute Gasteiger partial charge is 0.368 e. The van der Waals surface area contributed by atoms with Crippen LogP contribution in [0.15, 0.2) is 140 Å². The Morgan fingerprint density at radius 2 is 1.17 bits per heavy atom. The second kappa shape index (κ2) is 10.9. The lowest BCUT2D eigenvalue weighted by Crippen LogP contribution is -1.95. The van der Waals surface area contributed by atoms with Gasteiger partial charge in [-0.2, -0.15) is 0 Å². The molecular formula is C40H32N2. The van der Waals surface area contributed by atoms with Gasteiger partial charge in [0.15, 0.2) is 0 Å². The van der Waals surface area contributed by atoms with Gasteiger partial charge >= 0.3 is 0 Å². The van der Waals surface area contributed by atoms with Crippen molar-refractivity contribution < 1.29 is 0 Å². The second-order valence-corrected chi connectivity index (χ2v) is 10.8. The number of nitrogens with one attached hydrogen (secondary N) is 1. The lowest BCUT2D eigenvalue weighted by atomic mass is 9.93. The Bertz CT molecular complexity index is 2130. The lowest BCUT2D eigenvalue weighted by molar-refractivity contribution is 1.19. The van der Waals surface area contributed by atoms with E-state index >= 15 is 0 Å². The lowest BCUT2D eigenvalue weighted by Gasteiger charge is -2.13. The summed E-state index contributed by atoms with van der Waals surface area (Å²) in [6.45, 7) is 4.30. The summed E-state index contributed by atoms with van der Waals surface area (Å²) in [4.78, 5) is 0. The van der Waals surface area contributed by atoms with Crippen LogP contribution in [-0.2, 0) is 0 Å². The van der Waals surface area contributed by atoms with Crippen LogP contribution in [0.25, 0.3) is 61.5 Å². The minimum absolute atomic E-state index is 1.17. The Hall–Kier alpha value is -5.34. The molecule has 202 valence electrons. The van der Waals surface area contributed by atoms with Crippen molar-refractivity contribution in [3.8, 4) is 16.8 Å². The molecule has 0 aliphatic carbocycles. The number of nitrogens with zero attached hydrogens (tertiary/aromatic N) is 1. The first-order valence-electron chi connectivity index (χ1n) is 14.5. The Morgan fingerprint density at radius 3 is 1.98 bits per heavy atom. The summed E-state index contributed by atoms with van der Waals surface area (Å²) in [7, 11) is 0. The Kier molecular flexibility index (Phi) is 6.65. The minimum atomic E-state index is 1.17. The van der Waals surface area contributed by atoms with Gasteiger partial charge in [0, 0.05) is 34.2 Å². The molecule has 42 heavy (non-hydrogen) atoms. The highest BCUT2D eigenvalue weighted by molar-refractivity contribution is 6.22. The molecule has 6 aromatic carbocycles. The zero-order valence-electron chi connectivity index (χ0n) is 23.9. The van der Waals surface area contributed by atoms with Crippen molar-refractivity contribution in [2.75, 3.05) is 0 Å². The fourth-order valence-electron chi connectivity index (χ4n) is 6.00. The maximum Gasteiger partial charge on any atom is 0.0619 e. The van der Waals surface area contributed by atoms with Gasteiger partial charge in [-0.05, 0) is 95.1 Å².